The quantitative estimate of drug-likeness (QED) is 0.607. The van der Waals surface area contributed by atoms with Crippen molar-refractivity contribution in [1.82, 2.24) is 9.80 Å². The molecular formula is C22H26N2O3. The van der Waals surface area contributed by atoms with Crippen LogP contribution in [0.5, 0.6) is 0 Å². The monoisotopic (exact) mass is 366 g/mol. The number of imide groups is 1. The van der Waals surface area contributed by atoms with Crippen LogP contribution in [-0.2, 0) is 20.8 Å². The van der Waals surface area contributed by atoms with Gasteiger partial charge < -0.3 is 4.90 Å². The number of allylic oxidation sites excluding steroid dienone is 2. The highest BCUT2D eigenvalue weighted by atomic mass is 16.2. The summed E-state index contributed by atoms with van der Waals surface area (Å²) in [6, 6.07) is 6.17. The van der Waals surface area contributed by atoms with Crippen LogP contribution in [0.1, 0.15) is 36.0 Å². The van der Waals surface area contributed by atoms with Crippen LogP contribution in [0.2, 0.25) is 0 Å². The molecule has 142 valence electrons. The van der Waals surface area contributed by atoms with E-state index in [4.69, 9.17) is 0 Å². The van der Waals surface area contributed by atoms with Crippen molar-refractivity contribution in [3.05, 3.63) is 47.0 Å². The second kappa shape index (κ2) is 6.95. The third-order valence-corrected chi connectivity index (χ3v) is 6.32. The minimum Gasteiger partial charge on any atom is -0.338 e. The molecule has 0 radical (unpaired) electrons. The maximum atomic E-state index is 12.6. The lowest BCUT2D eigenvalue weighted by atomic mass is 9.85. The van der Waals surface area contributed by atoms with Gasteiger partial charge in [0.05, 0.1) is 17.9 Å². The van der Waals surface area contributed by atoms with E-state index in [1.807, 2.05) is 12.2 Å². The summed E-state index contributed by atoms with van der Waals surface area (Å²) in [5.41, 5.74) is 3.67. The molecule has 2 unspecified atom stereocenters. The van der Waals surface area contributed by atoms with E-state index in [9.17, 15) is 14.4 Å². The van der Waals surface area contributed by atoms with Crippen molar-refractivity contribution < 1.29 is 14.4 Å². The predicted molar refractivity (Wildman–Crippen MR) is 102 cm³/mol. The van der Waals surface area contributed by atoms with Crippen molar-refractivity contribution in [2.75, 3.05) is 13.1 Å². The molecule has 1 aliphatic carbocycles. The number of carbonyl (C=O) groups is 3. The second-order valence-electron chi connectivity index (χ2n) is 8.07. The zero-order valence-electron chi connectivity index (χ0n) is 16.0. The predicted octanol–water partition coefficient (Wildman–Crippen LogP) is 2.40. The van der Waals surface area contributed by atoms with Gasteiger partial charge in [0.2, 0.25) is 17.7 Å². The van der Waals surface area contributed by atoms with Gasteiger partial charge in [0.25, 0.3) is 0 Å². The molecule has 2 saturated heterocycles. The highest BCUT2D eigenvalue weighted by Crippen LogP contribution is 2.37. The van der Waals surface area contributed by atoms with Crippen LogP contribution >= 0.6 is 0 Å². The fourth-order valence-electron chi connectivity index (χ4n) is 4.38. The Hall–Kier alpha value is -2.43. The average molecular weight is 366 g/mol. The number of likely N-dealkylation sites (tertiary alicyclic amines) is 2. The first-order valence-corrected chi connectivity index (χ1v) is 9.81. The number of benzene rings is 1. The van der Waals surface area contributed by atoms with Gasteiger partial charge in [-0.05, 0) is 49.8 Å². The van der Waals surface area contributed by atoms with Gasteiger partial charge in [0.1, 0.15) is 0 Å². The van der Waals surface area contributed by atoms with E-state index in [1.54, 1.807) is 4.90 Å². The SMILES string of the molecule is Cc1ccc(CCC(=O)N2CC(N3C(=O)C4CC=CCC4C3=O)C2)cc1C. The molecule has 4 rings (SSSR count). The maximum Gasteiger partial charge on any atom is 0.233 e. The summed E-state index contributed by atoms with van der Waals surface area (Å²) in [5, 5.41) is 0. The summed E-state index contributed by atoms with van der Waals surface area (Å²) in [5.74, 6) is -0.347. The molecule has 3 aliphatic rings. The molecule has 2 atom stereocenters. The molecule has 2 aliphatic heterocycles. The first kappa shape index (κ1) is 18.0. The molecule has 2 fully saturated rings. The number of nitrogens with zero attached hydrogens (tertiary/aromatic N) is 2. The van der Waals surface area contributed by atoms with Gasteiger partial charge in [-0.15, -0.1) is 0 Å². The van der Waals surface area contributed by atoms with Gasteiger partial charge in [-0.1, -0.05) is 30.4 Å². The standard InChI is InChI=1S/C22H26N2O3/c1-14-7-8-16(11-15(14)2)9-10-20(25)23-12-17(13-23)24-21(26)18-5-3-4-6-19(18)22(24)27/h3-4,7-8,11,17-19H,5-6,9-10,12-13H2,1-2H3. The topological polar surface area (TPSA) is 57.7 Å². The van der Waals surface area contributed by atoms with E-state index < -0.39 is 0 Å². The minimum atomic E-state index is -0.183. The van der Waals surface area contributed by atoms with Crippen LogP contribution in [0.3, 0.4) is 0 Å². The molecule has 0 saturated carbocycles. The Balaban J connectivity index is 1.30. The van der Waals surface area contributed by atoms with Crippen molar-refractivity contribution in [2.45, 2.75) is 45.6 Å². The zero-order valence-corrected chi connectivity index (χ0v) is 16.0. The van der Waals surface area contributed by atoms with Crippen LogP contribution in [-0.4, -0.2) is 46.7 Å². The summed E-state index contributed by atoms with van der Waals surface area (Å²) < 4.78 is 0. The Morgan fingerprint density at radius 3 is 2.22 bits per heavy atom. The van der Waals surface area contributed by atoms with E-state index in [0.717, 1.165) is 6.42 Å². The molecule has 3 amide bonds. The van der Waals surface area contributed by atoms with E-state index in [0.29, 0.717) is 32.4 Å². The lowest BCUT2D eigenvalue weighted by Crippen LogP contribution is -2.62. The first-order chi connectivity index (χ1) is 13.0. The fourth-order valence-corrected chi connectivity index (χ4v) is 4.38. The number of aryl methyl sites for hydroxylation is 3. The summed E-state index contributed by atoms with van der Waals surface area (Å²) >= 11 is 0. The molecular weight excluding hydrogens is 340 g/mol. The van der Waals surface area contributed by atoms with Crippen LogP contribution in [0, 0.1) is 25.7 Å². The summed E-state index contributed by atoms with van der Waals surface area (Å²) in [7, 11) is 0. The van der Waals surface area contributed by atoms with Gasteiger partial charge in [-0.3, -0.25) is 19.3 Å². The van der Waals surface area contributed by atoms with E-state index >= 15 is 0 Å². The Bertz CT molecular complexity index is 797. The van der Waals surface area contributed by atoms with E-state index in [2.05, 4.69) is 32.0 Å². The van der Waals surface area contributed by atoms with Crippen molar-refractivity contribution >= 4 is 17.7 Å². The Morgan fingerprint density at radius 1 is 1.00 bits per heavy atom. The number of amides is 3. The Morgan fingerprint density at radius 2 is 1.63 bits per heavy atom. The smallest absolute Gasteiger partial charge is 0.233 e. The van der Waals surface area contributed by atoms with Crippen LogP contribution in [0.4, 0.5) is 0 Å². The molecule has 0 spiro atoms. The molecule has 2 heterocycles. The Labute approximate surface area is 160 Å². The van der Waals surface area contributed by atoms with Crippen molar-refractivity contribution in [3.8, 4) is 0 Å². The lowest BCUT2D eigenvalue weighted by Gasteiger charge is -2.43. The fraction of sp³-hybridized carbons (Fsp3) is 0.500. The molecule has 0 aromatic heterocycles. The van der Waals surface area contributed by atoms with Crippen LogP contribution < -0.4 is 0 Å². The zero-order chi connectivity index (χ0) is 19.1. The van der Waals surface area contributed by atoms with E-state index in [-0.39, 0.29) is 35.6 Å². The third-order valence-electron chi connectivity index (χ3n) is 6.32. The summed E-state index contributed by atoms with van der Waals surface area (Å²) in [6.45, 7) is 5.13. The molecule has 0 bridgehead atoms. The van der Waals surface area contributed by atoms with Crippen LogP contribution in [0.15, 0.2) is 30.4 Å². The Kier molecular flexibility index (Phi) is 4.62. The van der Waals surface area contributed by atoms with E-state index in [1.165, 1.54) is 21.6 Å². The largest absolute Gasteiger partial charge is 0.338 e. The van der Waals surface area contributed by atoms with Gasteiger partial charge in [-0.25, -0.2) is 0 Å². The minimum absolute atomic E-state index is 0.0402. The molecule has 5 nitrogen and oxygen atoms in total. The molecule has 27 heavy (non-hydrogen) atoms. The number of carbonyl (C=O) groups excluding carboxylic acids is 3. The number of hydrogen-bond acceptors (Lipinski definition) is 3. The highest BCUT2D eigenvalue weighted by molar-refractivity contribution is 6.06. The number of hydrogen-bond donors (Lipinski definition) is 0. The van der Waals surface area contributed by atoms with Crippen molar-refractivity contribution in [1.29, 1.82) is 0 Å². The summed E-state index contributed by atoms with van der Waals surface area (Å²) in [6.07, 6.45) is 6.51. The lowest BCUT2D eigenvalue weighted by molar-refractivity contribution is -0.152. The summed E-state index contributed by atoms with van der Waals surface area (Å²) in [4.78, 5) is 40.9. The number of fused-ring (bicyclic) bond motifs is 1. The first-order valence-electron chi connectivity index (χ1n) is 9.81. The highest BCUT2D eigenvalue weighted by Gasteiger charge is 2.52. The van der Waals surface area contributed by atoms with Gasteiger partial charge in [0, 0.05) is 19.5 Å². The van der Waals surface area contributed by atoms with Gasteiger partial charge in [-0.2, -0.15) is 0 Å². The van der Waals surface area contributed by atoms with Crippen molar-refractivity contribution in [2.24, 2.45) is 11.8 Å². The molecule has 1 aromatic carbocycles. The maximum absolute atomic E-state index is 12.6. The molecule has 1 aromatic rings. The normalized spacial score (nSPS) is 25.0. The van der Waals surface area contributed by atoms with Gasteiger partial charge >= 0.3 is 0 Å². The van der Waals surface area contributed by atoms with Crippen LogP contribution in [0.25, 0.3) is 0 Å². The second-order valence-corrected chi connectivity index (χ2v) is 8.07. The molecule has 5 heteroatoms. The third kappa shape index (κ3) is 3.20. The number of rotatable bonds is 4. The van der Waals surface area contributed by atoms with Crippen molar-refractivity contribution in [3.63, 3.8) is 0 Å². The molecule has 0 N–H and O–H groups in total. The average Bonchev–Trinajstić information content (AvgIpc) is 2.87. The van der Waals surface area contributed by atoms with Gasteiger partial charge in [0.15, 0.2) is 0 Å².